The van der Waals surface area contributed by atoms with Crippen LogP contribution in [0.2, 0.25) is 0 Å². The van der Waals surface area contributed by atoms with Gasteiger partial charge in [-0.2, -0.15) is 0 Å². The van der Waals surface area contributed by atoms with Gasteiger partial charge in [-0.3, -0.25) is 14.2 Å². The van der Waals surface area contributed by atoms with Gasteiger partial charge in [-0.25, -0.2) is 0 Å². The number of hydrogen-bond donors (Lipinski definition) is 2. The van der Waals surface area contributed by atoms with Gasteiger partial charge in [-0.15, -0.1) is 10.2 Å². The van der Waals surface area contributed by atoms with Crippen LogP contribution in [0.15, 0.2) is 46.2 Å². The lowest BCUT2D eigenvalue weighted by molar-refractivity contribution is -0.118. The Bertz CT molecular complexity index is 1010. The van der Waals surface area contributed by atoms with E-state index < -0.39 is 11.2 Å². The Morgan fingerprint density at radius 1 is 1.28 bits per heavy atom. The van der Waals surface area contributed by atoms with E-state index in [9.17, 15) is 9.59 Å². The highest BCUT2D eigenvalue weighted by Gasteiger charge is 2.22. The van der Waals surface area contributed by atoms with Crippen molar-refractivity contribution in [1.29, 1.82) is 0 Å². The molecule has 2 amide bonds. The fourth-order valence-electron chi connectivity index (χ4n) is 2.70. The minimum Gasteiger partial charge on any atom is -0.461 e. The van der Waals surface area contributed by atoms with Crippen molar-refractivity contribution >= 4 is 29.3 Å². The molecule has 0 saturated carbocycles. The fourth-order valence-corrected chi connectivity index (χ4v) is 3.58. The van der Waals surface area contributed by atoms with Gasteiger partial charge in [-0.1, -0.05) is 23.9 Å². The molecule has 0 aliphatic carbocycles. The van der Waals surface area contributed by atoms with Crippen molar-refractivity contribution in [3.63, 3.8) is 0 Å². The predicted molar refractivity (Wildman–Crippen MR) is 111 cm³/mol. The third kappa shape index (κ3) is 5.05. The maximum absolute atomic E-state index is 12.7. The van der Waals surface area contributed by atoms with Gasteiger partial charge in [0, 0.05) is 18.7 Å². The summed E-state index contributed by atoms with van der Waals surface area (Å²) in [5.41, 5.74) is 8.15. The summed E-state index contributed by atoms with van der Waals surface area (Å²) in [5.74, 6) is 0.440. The van der Waals surface area contributed by atoms with E-state index in [1.807, 2.05) is 32.0 Å². The number of nitrogens with zero attached hydrogens (tertiary/aromatic N) is 3. The van der Waals surface area contributed by atoms with Crippen LogP contribution in [0.1, 0.15) is 24.5 Å². The number of amides is 2. The van der Waals surface area contributed by atoms with E-state index in [4.69, 9.17) is 10.2 Å². The summed E-state index contributed by atoms with van der Waals surface area (Å²) in [7, 11) is 0. The van der Waals surface area contributed by atoms with Gasteiger partial charge in [0.1, 0.15) is 0 Å². The van der Waals surface area contributed by atoms with E-state index in [1.165, 1.54) is 18.0 Å². The second-order valence-electron chi connectivity index (χ2n) is 6.72. The molecule has 1 unspecified atom stereocenters. The van der Waals surface area contributed by atoms with Crippen LogP contribution >= 0.6 is 11.8 Å². The largest absolute Gasteiger partial charge is 0.461 e. The third-order valence-corrected chi connectivity index (χ3v) is 5.42. The summed E-state index contributed by atoms with van der Waals surface area (Å²) in [6.07, 6.45) is 1.66. The van der Waals surface area contributed by atoms with Gasteiger partial charge in [-0.05, 0) is 50.1 Å². The summed E-state index contributed by atoms with van der Waals surface area (Å²) in [6, 6.07) is 9.42. The maximum Gasteiger partial charge on any atom is 0.237 e. The Labute approximate surface area is 172 Å². The molecule has 8 nitrogen and oxygen atoms in total. The lowest BCUT2D eigenvalue weighted by Gasteiger charge is -2.14. The second kappa shape index (κ2) is 8.95. The highest BCUT2D eigenvalue weighted by atomic mass is 32.2. The van der Waals surface area contributed by atoms with Crippen molar-refractivity contribution in [2.45, 2.75) is 44.1 Å². The van der Waals surface area contributed by atoms with Crippen LogP contribution in [0.3, 0.4) is 0 Å². The van der Waals surface area contributed by atoms with Crippen molar-refractivity contribution in [3.05, 3.63) is 47.7 Å². The Kier molecular flexibility index (Phi) is 6.38. The molecule has 0 spiro atoms. The number of nitrogens with two attached hydrogens (primary N) is 1. The van der Waals surface area contributed by atoms with Crippen LogP contribution in [0.25, 0.3) is 11.6 Å². The first-order valence-electron chi connectivity index (χ1n) is 9.15. The van der Waals surface area contributed by atoms with Gasteiger partial charge in [0.25, 0.3) is 0 Å². The SMILES string of the molecule is Cc1ccc(C)c(NC(=O)C(C)Sc2nnc(-c3ccco3)n2CCC(N)=O)c1. The van der Waals surface area contributed by atoms with Gasteiger partial charge >= 0.3 is 0 Å². The van der Waals surface area contributed by atoms with Crippen LogP contribution in [-0.2, 0) is 16.1 Å². The molecule has 152 valence electrons. The zero-order valence-electron chi connectivity index (χ0n) is 16.5. The summed E-state index contributed by atoms with van der Waals surface area (Å²) in [4.78, 5) is 24.0. The molecule has 3 aromatic rings. The quantitative estimate of drug-likeness (QED) is 0.548. The molecule has 0 bridgehead atoms. The molecule has 3 N–H and O–H groups in total. The summed E-state index contributed by atoms with van der Waals surface area (Å²) in [6.45, 7) is 6.02. The first kappa shape index (κ1) is 20.7. The van der Waals surface area contributed by atoms with E-state index in [1.54, 1.807) is 23.6 Å². The van der Waals surface area contributed by atoms with Crippen molar-refractivity contribution in [1.82, 2.24) is 14.8 Å². The highest BCUT2D eigenvalue weighted by Crippen LogP contribution is 2.28. The molecule has 3 rings (SSSR count). The molecular formula is C20H23N5O3S. The number of nitrogens with one attached hydrogen (secondary N) is 1. The number of aryl methyl sites for hydroxylation is 2. The molecule has 1 aromatic carbocycles. The Balaban J connectivity index is 1.78. The van der Waals surface area contributed by atoms with E-state index >= 15 is 0 Å². The average Bonchev–Trinajstić information content (AvgIpc) is 3.32. The zero-order chi connectivity index (χ0) is 21.0. The molecule has 29 heavy (non-hydrogen) atoms. The van der Waals surface area contributed by atoms with Gasteiger partial charge in [0.15, 0.2) is 16.7 Å². The number of carbonyl (C=O) groups is 2. The monoisotopic (exact) mass is 413 g/mol. The number of thioether (sulfide) groups is 1. The van der Waals surface area contributed by atoms with Crippen LogP contribution in [0, 0.1) is 13.8 Å². The Morgan fingerprint density at radius 2 is 2.07 bits per heavy atom. The van der Waals surface area contributed by atoms with E-state index in [-0.39, 0.29) is 12.3 Å². The molecule has 0 aliphatic heterocycles. The standard InChI is InChI=1S/C20H23N5O3S/c1-12-6-7-13(2)15(11-12)22-19(27)14(3)29-20-24-23-18(16-5-4-10-28-16)25(20)9-8-17(21)26/h4-7,10-11,14H,8-9H2,1-3H3,(H2,21,26)(H,22,27). The molecule has 2 aromatic heterocycles. The Hall–Kier alpha value is -3.07. The number of hydrogen-bond acceptors (Lipinski definition) is 6. The summed E-state index contributed by atoms with van der Waals surface area (Å²) in [5, 5.41) is 11.4. The molecule has 1 atom stereocenters. The van der Waals surface area contributed by atoms with E-state index in [0.29, 0.717) is 23.3 Å². The number of anilines is 1. The molecule has 2 heterocycles. The number of furan rings is 1. The number of rotatable bonds is 8. The van der Waals surface area contributed by atoms with Crippen molar-refractivity contribution in [2.24, 2.45) is 5.73 Å². The van der Waals surface area contributed by atoms with Crippen LogP contribution in [-0.4, -0.2) is 31.8 Å². The van der Waals surface area contributed by atoms with Gasteiger partial charge in [0.05, 0.1) is 11.5 Å². The van der Waals surface area contributed by atoms with Crippen LogP contribution in [0.4, 0.5) is 5.69 Å². The highest BCUT2D eigenvalue weighted by molar-refractivity contribution is 8.00. The fraction of sp³-hybridized carbons (Fsp3) is 0.300. The minimum absolute atomic E-state index is 0.127. The normalized spacial score (nSPS) is 12.0. The predicted octanol–water partition coefficient (Wildman–Crippen LogP) is 3.15. The van der Waals surface area contributed by atoms with E-state index in [2.05, 4.69) is 15.5 Å². The lowest BCUT2D eigenvalue weighted by atomic mass is 10.1. The van der Waals surface area contributed by atoms with Crippen molar-refractivity contribution < 1.29 is 14.0 Å². The van der Waals surface area contributed by atoms with Gasteiger partial charge < -0.3 is 15.5 Å². The van der Waals surface area contributed by atoms with Crippen LogP contribution in [0.5, 0.6) is 0 Å². The first-order valence-corrected chi connectivity index (χ1v) is 10.0. The average molecular weight is 414 g/mol. The molecule has 0 radical (unpaired) electrons. The first-order chi connectivity index (χ1) is 13.8. The molecule has 9 heteroatoms. The number of carbonyl (C=O) groups excluding carboxylic acids is 2. The summed E-state index contributed by atoms with van der Waals surface area (Å²) < 4.78 is 7.15. The van der Waals surface area contributed by atoms with Crippen molar-refractivity contribution in [3.8, 4) is 11.6 Å². The maximum atomic E-state index is 12.7. The zero-order valence-corrected chi connectivity index (χ0v) is 17.3. The lowest BCUT2D eigenvalue weighted by Crippen LogP contribution is -2.23. The van der Waals surface area contributed by atoms with Gasteiger partial charge in [0.2, 0.25) is 11.8 Å². The van der Waals surface area contributed by atoms with Crippen LogP contribution < -0.4 is 11.1 Å². The molecule has 0 aliphatic rings. The Morgan fingerprint density at radius 3 is 2.76 bits per heavy atom. The topological polar surface area (TPSA) is 116 Å². The molecular weight excluding hydrogens is 390 g/mol. The molecule has 0 fully saturated rings. The second-order valence-corrected chi connectivity index (χ2v) is 8.03. The molecule has 0 saturated heterocycles. The summed E-state index contributed by atoms with van der Waals surface area (Å²) >= 11 is 1.26. The van der Waals surface area contributed by atoms with Crippen molar-refractivity contribution in [2.75, 3.05) is 5.32 Å². The number of aromatic nitrogens is 3. The third-order valence-electron chi connectivity index (χ3n) is 4.34. The smallest absolute Gasteiger partial charge is 0.237 e. The number of primary amides is 1. The minimum atomic E-state index is -0.434. The number of benzene rings is 1. The van der Waals surface area contributed by atoms with E-state index in [0.717, 1.165) is 16.8 Å².